The molecule has 1 aromatic heterocycles. The topological polar surface area (TPSA) is 62.6 Å². The lowest BCUT2D eigenvalue weighted by atomic mass is 9.91. The number of benzene rings is 1. The number of hydrogen-bond donors (Lipinski definition) is 1. The van der Waals surface area contributed by atoms with Crippen molar-refractivity contribution in [1.82, 2.24) is 10.2 Å². The summed E-state index contributed by atoms with van der Waals surface area (Å²) in [4.78, 5) is 27.4. The van der Waals surface area contributed by atoms with Crippen LogP contribution >= 0.6 is 0 Å². The summed E-state index contributed by atoms with van der Waals surface area (Å²) >= 11 is 0. The first-order valence-corrected chi connectivity index (χ1v) is 8.85. The Labute approximate surface area is 147 Å². The first-order chi connectivity index (χ1) is 12.1. The van der Waals surface area contributed by atoms with E-state index in [1.165, 1.54) is 0 Å². The van der Waals surface area contributed by atoms with Crippen molar-refractivity contribution < 1.29 is 14.0 Å². The maximum atomic E-state index is 13.0. The Balaban J connectivity index is 1.57. The van der Waals surface area contributed by atoms with Crippen LogP contribution in [0.15, 0.2) is 40.8 Å². The minimum Gasteiger partial charge on any atom is -0.465 e. The van der Waals surface area contributed by atoms with Crippen molar-refractivity contribution in [3.8, 4) is 0 Å². The number of furan rings is 1. The molecule has 1 saturated carbocycles. The van der Waals surface area contributed by atoms with Gasteiger partial charge in [-0.1, -0.05) is 24.3 Å². The van der Waals surface area contributed by atoms with Gasteiger partial charge in [0.05, 0.1) is 6.54 Å². The lowest BCUT2D eigenvalue weighted by Crippen LogP contribution is -2.47. The van der Waals surface area contributed by atoms with Crippen LogP contribution in [0, 0.1) is 12.8 Å². The zero-order valence-electron chi connectivity index (χ0n) is 14.3. The van der Waals surface area contributed by atoms with Crippen LogP contribution in [0.3, 0.4) is 0 Å². The van der Waals surface area contributed by atoms with Crippen molar-refractivity contribution in [2.45, 2.75) is 38.8 Å². The fourth-order valence-electron chi connectivity index (χ4n) is 3.50. The largest absolute Gasteiger partial charge is 0.465 e. The first-order valence-electron chi connectivity index (χ1n) is 8.85. The van der Waals surface area contributed by atoms with Crippen LogP contribution in [0.4, 0.5) is 0 Å². The van der Waals surface area contributed by atoms with Gasteiger partial charge in [0.25, 0.3) is 0 Å². The highest BCUT2D eigenvalue weighted by Crippen LogP contribution is 2.37. The molecule has 0 bridgehead atoms. The Bertz CT molecular complexity index is 807. The van der Waals surface area contributed by atoms with E-state index in [-0.39, 0.29) is 17.7 Å². The Morgan fingerprint density at radius 1 is 1.20 bits per heavy atom. The summed E-state index contributed by atoms with van der Waals surface area (Å²) in [5, 5.41) is 2.94. The van der Waals surface area contributed by atoms with E-state index in [2.05, 4.69) is 5.32 Å². The molecule has 5 nitrogen and oxygen atoms in total. The minimum absolute atomic E-state index is 0.105. The molecule has 0 radical (unpaired) electrons. The van der Waals surface area contributed by atoms with Crippen LogP contribution in [0.5, 0.6) is 0 Å². The van der Waals surface area contributed by atoms with Gasteiger partial charge in [-0.05, 0) is 49.4 Å². The summed E-state index contributed by atoms with van der Waals surface area (Å²) in [6.07, 6.45) is 2.68. The van der Waals surface area contributed by atoms with Gasteiger partial charge >= 0.3 is 0 Å². The predicted molar refractivity (Wildman–Crippen MR) is 92.6 cm³/mol. The molecule has 1 fully saturated rings. The summed E-state index contributed by atoms with van der Waals surface area (Å²) in [6, 6.07) is 11.1. The second-order valence-electron chi connectivity index (χ2n) is 6.89. The molecular weight excluding hydrogens is 316 g/mol. The molecular formula is C20H22N2O3. The van der Waals surface area contributed by atoms with E-state index >= 15 is 0 Å². The number of carbonyl (C=O) groups is 2. The molecule has 1 N–H and O–H groups in total. The number of nitrogens with zero attached hydrogens (tertiary/aromatic N) is 1. The molecule has 2 aromatic rings. The van der Waals surface area contributed by atoms with Crippen molar-refractivity contribution in [2.24, 2.45) is 5.92 Å². The van der Waals surface area contributed by atoms with Gasteiger partial charge in [-0.3, -0.25) is 9.59 Å². The minimum atomic E-state index is -0.547. The van der Waals surface area contributed by atoms with E-state index in [4.69, 9.17) is 4.42 Å². The number of carbonyl (C=O) groups excluding carboxylic acids is 2. The Morgan fingerprint density at radius 2 is 2.00 bits per heavy atom. The Kier molecular flexibility index (Phi) is 4.07. The number of nitrogens with one attached hydrogen (secondary N) is 1. The summed E-state index contributed by atoms with van der Waals surface area (Å²) in [5.74, 6) is 1.61. The molecule has 2 heterocycles. The normalized spacial score (nSPS) is 19.4. The van der Waals surface area contributed by atoms with Crippen molar-refractivity contribution in [3.05, 3.63) is 59.0 Å². The summed E-state index contributed by atoms with van der Waals surface area (Å²) in [7, 11) is 0. The van der Waals surface area contributed by atoms with Crippen molar-refractivity contribution in [1.29, 1.82) is 0 Å². The van der Waals surface area contributed by atoms with Gasteiger partial charge in [-0.15, -0.1) is 0 Å². The lowest BCUT2D eigenvalue weighted by Gasteiger charge is -2.36. The average Bonchev–Trinajstić information content (AvgIpc) is 3.40. The van der Waals surface area contributed by atoms with E-state index in [1.807, 2.05) is 43.3 Å². The standard InChI is InChI=1S/C20H22N2O3/c1-13-6-9-16(25-13)12-21-19(23)18-17-5-3-2-4-14(17)10-11-22(18)20(24)15-7-8-15/h2-6,9,15,18H,7-8,10-12H2,1H3,(H,21,23)/t18-/m0/s1. The maximum absolute atomic E-state index is 13.0. The molecule has 5 heteroatoms. The third-order valence-electron chi connectivity index (χ3n) is 4.97. The average molecular weight is 338 g/mol. The van der Waals surface area contributed by atoms with Gasteiger partial charge in [-0.25, -0.2) is 0 Å². The Morgan fingerprint density at radius 3 is 2.72 bits per heavy atom. The van der Waals surface area contributed by atoms with Gasteiger partial charge in [0, 0.05) is 12.5 Å². The molecule has 4 rings (SSSR count). The van der Waals surface area contributed by atoms with E-state index < -0.39 is 6.04 Å². The smallest absolute Gasteiger partial charge is 0.247 e. The number of rotatable bonds is 4. The molecule has 1 aromatic carbocycles. The van der Waals surface area contributed by atoms with Gasteiger partial charge in [-0.2, -0.15) is 0 Å². The molecule has 1 aliphatic carbocycles. The molecule has 25 heavy (non-hydrogen) atoms. The number of fused-ring (bicyclic) bond motifs is 1. The summed E-state index contributed by atoms with van der Waals surface area (Å²) < 4.78 is 5.52. The molecule has 0 unspecified atom stereocenters. The second-order valence-corrected chi connectivity index (χ2v) is 6.89. The molecule has 0 spiro atoms. The zero-order valence-corrected chi connectivity index (χ0v) is 14.3. The van der Waals surface area contributed by atoms with Crippen LogP contribution < -0.4 is 5.32 Å². The van der Waals surface area contributed by atoms with Crippen molar-refractivity contribution >= 4 is 11.8 Å². The molecule has 2 aliphatic rings. The summed E-state index contributed by atoms with van der Waals surface area (Å²) in [6.45, 7) is 2.81. The quantitative estimate of drug-likeness (QED) is 0.932. The van der Waals surface area contributed by atoms with E-state index in [9.17, 15) is 9.59 Å². The predicted octanol–water partition coefficient (Wildman–Crippen LogP) is 2.74. The molecule has 1 atom stereocenters. The monoisotopic (exact) mass is 338 g/mol. The van der Waals surface area contributed by atoms with Gasteiger partial charge in [0.15, 0.2) is 0 Å². The van der Waals surface area contributed by atoms with E-state index in [0.717, 1.165) is 41.9 Å². The highest BCUT2D eigenvalue weighted by Gasteiger charge is 2.41. The number of hydrogen-bond acceptors (Lipinski definition) is 3. The first kappa shape index (κ1) is 15.9. The van der Waals surface area contributed by atoms with Crippen LogP contribution in [0.2, 0.25) is 0 Å². The second kappa shape index (κ2) is 6.39. The number of aryl methyl sites for hydroxylation is 1. The van der Waals surface area contributed by atoms with Crippen LogP contribution in [-0.4, -0.2) is 23.3 Å². The zero-order chi connectivity index (χ0) is 17.4. The highest BCUT2D eigenvalue weighted by atomic mass is 16.3. The third-order valence-corrected chi connectivity index (χ3v) is 4.97. The van der Waals surface area contributed by atoms with Gasteiger partial charge in [0.2, 0.25) is 11.8 Å². The van der Waals surface area contributed by atoms with E-state index in [0.29, 0.717) is 13.1 Å². The van der Waals surface area contributed by atoms with Crippen molar-refractivity contribution in [3.63, 3.8) is 0 Å². The van der Waals surface area contributed by atoms with Crippen molar-refractivity contribution in [2.75, 3.05) is 6.54 Å². The molecule has 2 amide bonds. The fraction of sp³-hybridized carbons (Fsp3) is 0.400. The maximum Gasteiger partial charge on any atom is 0.247 e. The van der Waals surface area contributed by atoms with E-state index in [1.54, 1.807) is 4.90 Å². The number of amides is 2. The lowest BCUT2D eigenvalue weighted by molar-refractivity contribution is -0.142. The molecule has 0 saturated heterocycles. The SMILES string of the molecule is Cc1ccc(CNC(=O)[C@@H]2c3ccccc3CCN2C(=O)C2CC2)o1. The fourth-order valence-corrected chi connectivity index (χ4v) is 3.50. The Hall–Kier alpha value is -2.56. The van der Waals surface area contributed by atoms with Crippen LogP contribution in [0.25, 0.3) is 0 Å². The van der Waals surface area contributed by atoms with Gasteiger partial charge < -0.3 is 14.6 Å². The third kappa shape index (κ3) is 3.18. The summed E-state index contributed by atoms with van der Waals surface area (Å²) in [5.41, 5.74) is 2.09. The molecule has 1 aliphatic heterocycles. The highest BCUT2D eigenvalue weighted by molar-refractivity contribution is 5.91. The van der Waals surface area contributed by atoms with Crippen LogP contribution in [-0.2, 0) is 22.6 Å². The van der Waals surface area contributed by atoms with Crippen LogP contribution in [0.1, 0.15) is 41.5 Å². The molecule has 130 valence electrons. The van der Waals surface area contributed by atoms with Gasteiger partial charge in [0.1, 0.15) is 17.6 Å².